The monoisotopic (exact) mass is 298 g/mol. The Bertz CT molecular complexity index is 536. The molecule has 0 aromatic heterocycles. The number of nitrogens with one attached hydrogen (secondary N) is 1. The van der Waals surface area contributed by atoms with Gasteiger partial charge in [0.25, 0.3) is 0 Å². The van der Waals surface area contributed by atoms with Gasteiger partial charge in [0.1, 0.15) is 0 Å². The van der Waals surface area contributed by atoms with Gasteiger partial charge in [-0.25, -0.2) is 0 Å². The van der Waals surface area contributed by atoms with Crippen LogP contribution in [0.25, 0.3) is 0 Å². The van der Waals surface area contributed by atoms with Crippen LogP contribution in [0.3, 0.4) is 0 Å². The van der Waals surface area contributed by atoms with Gasteiger partial charge in [0.05, 0.1) is 17.4 Å². The fourth-order valence-corrected chi connectivity index (χ4v) is 3.99. The molecule has 4 nitrogen and oxygen atoms in total. The van der Waals surface area contributed by atoms with Crippen molar-refractivity contribution in [3.05, 3.63) is 24.3 Å². The quantitative estimate of drug-likeness (QED) is 0.930. The Kier molecular flexibility index (Phi) is 4.13. The Balaban J connectivity index is 1.35. The molecule has 0 spiro atoms. The van der Waals surface area contributed by atoms with E-state index < -0.39 is 0 Å². The van der Waals surface area contributed by atoms with Gasteiger partial charge >= 0.3 is 0 Å². The van der Waals surface area contributed by atoms with Gasteiger partial charge in [-0.15, -0.1) is 0 Å². The van der Waals surface area contributed by atoms with Gasteiger partial charge in [0, 0.05) is 31.9 Å². The van der Waals surface area contributed by atoms with E-state index in [9.17, 15) is 0 Å². The van der Waals surface area contributed by atoms with E-state index in [4.69, 9.17) is 0 Å². The first-order chi connectivity index (χ1) is 10.9. The highest BCUT2D eigenvalue weighted by Gasteiger charge is 2.29. The van der Waals surface area contributed by atoms with Crippen molar-refractivity contribution in [2.45, 2.75) is 37.8 Å². The molecule has 1 aromatic rings. The van der Waals surface area contributed by atoms with E-state index in [1.165, 1.54) is 51.0 Å². The fourth-order valence-electron chi connectivity index (χ4n) is 3.99. The zero-order valence-corrected chi connectivity index (χ0v) is 13.2. The zero-order valence-electron chi connectivity index (χ0n) is 13.2. The average molecular weight is 298 g/mol. The van der Waals surface area contributed by atoms with Crippen LogP contribution in [0, 0.1) is 0 Å². The maximum atomic E-state index is 4.66. The van der Waals surface area contributed by atoms with Crippen molar-refractivity contribution in [3.8, 4) is 0 Å². The number of para-hydroxylation sites is 2. The van der Waals surface area contributed by atoms with Crippen LogP contribution in [-0.2, 0) is 0 Å². The molecule has 0 aliphatic carbocycles. The molecular formula is C18H26N4. The summed E-state index contributed by atoms with van der Waals surface area (Å²) in [7, 11) is 0. The van der Waals surface area contributed by atoms with Crippen LogP contribution in [0.5, 0.6) is 0 Å². The molecule has 1 aromatic carbocycles. The number of anilines is 1. The van der Waals surface area contributed by atoms with Gasteiger partial charge in [0.15, 0.2) is 0 Å². The molecule has 2 saturated heterocycles. The van der Waals surface area contributed by atoms with E-state index in [1.54, 1.807) is 0 Å². The van der Waals surface area contributed by atoms with Crippen LogP contribution in [0.4, 0.5) is 11.4 Å². The lowest BCUT2D eigenvalue weighted by Gasteiger charge is -2.43. The van der Waals surface area contributed by atoms with Crippen LogP contribution in [0.1, 0.15) is 25.7 Å². The highest BCUT2D eigenvalue weighted by molar-refractivity contribution is 5.84. The molecule has 2 unspecified atom stereocenters. The van der Waals surface area contributed by atoms with Gasteiger partial charge in [-0.1, -0.05) is 18.6 Å². The molecule has 118 valence electrons. The lowest BCUT2D eigenvalue weighted by Crippen LogP contribution is -2.55. The van der Waals surface area contributed by atoms with Crippen LogP contribution in [0.2, 0.25) is 0 Å². The summed E-state index contributed by atoms with van der Waals surface area (Å²) in [5.74, 6) is 0. The summed E-state index contributed by atoms with van der Waals surface area (Å²) < 4.78 is 0. The van der Waals surface area contributed by atoms with Crippen molar-refractivity contribution in [2.24, 2.45) is 4.99 Å². The zero-order chi connectivity index (χ0) is 14.8. The number of nitrogens with zero attached hydrogens (tertiary/aromatic N) is 3. The molecule has 4 heteroatoms. The third kappa shape index (κ3) is 2.90. The van der Waals surface area contributed by atoms with Gasteiger partial charge in [0.2, 0.25) is 0 Å². The van der Waals surface area contributed by atoms with Crippen molar-refractivity contribution in [1.29, 1.82) is 0 Å². The molecular weight excluding hydrogens is 272 g/mol. The summed E-state index contributed by atoms with van der Waals surface area (Å²) in [4.78, 5) is 9.80. The third-order valence-corrected chi connectivity index (χ3v) is 5.29. The van der Waals surface area contributed by atoms with Crippen molar-refractivity contribution >= 4 is 17.6 Å². The number of fused-ring (bicyclic) bond motifs is 3. The standard InChI is InChI=1S/C18H26N4/c1-2-7-18-17(6-1)20-13-16-14-21(11-12-22(16)18)10-8-15-5-3-4-9-19-15/h1-2,6-7,13,15-16,19H,3-5,8-12,14H2. The third-order valence-electron chi connectivity index (χ3n) is 5.29. The Morgan fingerprint density at radius 1 is 1.18 bits per heavy atom. The maximum absolute atomic E-state index is 4.66. The molecule has 3 heterocycles. The van der Waals surface area contributed by atoms with E-state index >= 15 is 0 Å². The Labute approximate surface area is 133 Å². The molecule has 22 heavy (non-hydrogen) atoms. The summed E-state index contributed by atoms with van der Waals surface area (Å²) in [5, 5.41) is 3.66. The van der Waals surface area contributed by atoms with Crippen molar-refractivity contribution in [3.63, 3.8) is 0 Å². The molecule has 0 saturated carbocycles. The normalized spacial score (nSPS) is 28.3. The van der Waals surface area contributed by atoms with Crippen LogP contribution in [-0.4, -0.2) is 55.9 Å². The Morgan fingerprint density at radius 2 is 2.14 bits per heavy atom. The highest BCUT2D eigenvalue weighted by atomic mass is 15.3. The minimum absolute atomic E-state index is 0.447. The highest BCUT2D eigenvalue weighted by Crippen LogP contribution is 2.33. The molecule has 3 aliphatic heterocycles. The molecule has 0 radical (unpaired) electrons. The second-order valence-corrected chi connectivity index (χ2v) is 6.76. The van der Waals surface area contributed by atoms with Crippen LogP contribution >= 0.6 is 0 Å². The minimum Gasteiger partial charge on any atom is -0.359 e. The van der Waals surface area contributed by atoms with Gasteiger partial charge < -0.3 is 10.2 Å². The van der Waals surface area contributed by atoms with Crippen LogP contribution < -0.4 is 10.2 Å². The number of aliphatic imine (C=N–C) groups is 1. The molecule has 0 bridgehead atoms. The molecule has 4 rings (SSSR count). The first-order valence-corrected chi connectivity index (χ1v) is 8.76. The lowest BCUT2D eigenvalue weighted by molar-refractivity contribution is 0.223. The largest absolute Gasteiger partial charge is 0.359 e. The number of piperidine rings is 1. The Hall–Kier alpha value is -1.39. The summed E-state index contributed by atoms with van der Waals surface area (Å²) >= 11 is 0. The van der Waals surface area contributed by atoms with E-state index in [-0.39, 0.29) is 0 Å². The fraction of sp³-hybridized carbons (Fsp3) is 0.611. The van der Waals surface area contributed by atoms with Gasteiger partial charge in [-0.2, -0.15) is 0 Å². The average Bonchev–Trinajstić information content (AvgIpc) is 2.60. The number of hydrogen-bond donors (Lipinski definition) is 1. The van der Waals surface area contributed by atoms with Crippen molar-refractivity contribution < 1.29 is 0 Å². The number of benzene rings is 1. The summed E-state index contributed by atoms with van der Waals surface area (Å²) in [6.07, 6.45) is 7.55. The second kappa shape index (κ2) is 6.39. The van der Waals surface area contributed by atoms with Gasteiger partial charge in [-0.3, -0.25) is 9.89 Å². The Morgan fingerprint density at radius 3 is 3.05 bits per heavy atom. The SMILES string of the molecule is C1=Nc2ccccc2N2CCN(CCC3CCCCN3)CC12. The number of hydrogen-bond acceptors (Lipinski definition) is 4. The van der Waals surface area contributed by atoms with E-state index in [1.807, 2.05) is 0 Å². The molecule has 2 fully saturated rings. The van der Waals surface area contributed by atoms with E-state index in [0.29, 0.717) is 6.04 Å². The topological polar surface area (TPSA) is 30.9 Å². The minimum atomic E-state index is 0.447. The van der Waals surface area contributed by atoms with Crippen LogP contribution in [0.15, 0.2) is 29.3 Å². The summed E-state index contributed by atoms with van der Waals surface area (Å²) in [6.45, 7) is 5.84. The lowest BCUT2D eigenvalue weighted by atomic mass is 10.0. The van der Waals surface area contributed by atoms with Crippen molar-refractivity contribution in [1.82, 2.24) is 10.2 Å². The predicted molar refractivity (Wildman–Crippen MR) is 92.4 cm³/mol. The first-order valence-electron chi connectivity index (χ1n) is 8.76. The first kappa shape index (κ1) is 14.2. The van der Waals surface area contributed by atoms with E-state index in [2.05, 4.69) is 50.6 Å². The summed E-state index contributed by atoms with van der Waals surface area (Å²) in [6, 6.07) is 9.71. The molecule has 1 N–H and O–H groups in total. The van der Waals surface area contributed by atoms with Crippen molar-refractivity contribution in [2.75, 3.05) is 37.6 Å². The number of rotatable bonds is 3. The molecule has 2 atom stereocenters. The molecule has 3 aliphatic rings. The van der Waals surface area contributed by atoms with E-state index in [0.717, 1.165) is 24.8 Å². The van der Waals surface area contributed by atoms with Gasteiger partial charge in [-0.05, 0) is 44.5 Å². The number of piperazine rings is 1. The smallest absolute Gasteiger partial charge is 0.0860 e. The predicted octanol–water partition coefficient (Wildman–Crippen LogP) is 2.43. The summed E-state index contributed by atoms with van der Waals surface area (Å²) in [5.41, 5.74) is 2.43. The maximum Gasteiger partial charge on any atom is 0.0860 e. The molecule has 0 amide bonds. The second-order valence-electron chi connectivity index (χ2n) is 6.76.